The summed E-state index contributed by atoms with van der Waals surface area (Å²) in [6.45, 7) is 5.18. The average Bonchev–Trinajstić information content (AvgIpc) is 3.04. The molecule has 0 aliphatic carbocycles. The maximum absolute atomic E-state index is 4.43. The topological polar surface area (TPSA) is 68.5 Å². The molecule has 1 atom stereocenters. The molecule has 2 aromatic rings. The first-order valence-corrected chi connectivity index (χ1v) is 7.56. The molecule has 1 aliphatic heterocycles. The quantitative estimate of drug-likeness (QED) is 0.928. The highest BCUT2D eigenvalue weighted by Gasteiger charge is 2.20. The van der Waals surface area contributed by atoms with Crippen LogP contribution in [0.15, 0.2) is 0 Å². The summed E-state index contributed by atoms with van der Waals surface area (Å²) in [5.41, 5.74) is 0. The Labute approximate surface area is 116 Å². The molecular formula is C12H18N6S. The third kappa shape index (κ3) is 2.47. The van der Waals surface area contributed by atoms with Crippen molar-refractivity contribution in [3.63, 3.8) is 0 Å². The number of anilines is 1. The van der Waals surface area contributed by atoms with Crippen molar-refractivity contribution < 1.29 is 0 Å². The van der Waals surface area contributed by atoms with Crippen LogP contribution in [0.4, 0.5) is 5.13 Å². The highest BCUT2D eigenvalue weighted by atomic mass is 32.1. The predicted octanol–water partition coefficient (Wildman–Crippen LogP) is 2.20. The van der Waals surface area contributed by atoms with Gasteiger partial charge in [0, 0.05) is 30.9 Å². The molecule has 3 rings (SSSR count). The van der Waals surface area contributed by atoms with Crippen molar-refractivity contribution in [2.45, 2.75) is 52.1 Å². The van der Waals surface area contributed by atoms with Gasteiger partial charge in [-0.25, -0.2) is 4.98 Å². The summed E-state index contributed by atoms with van der Waals surface area (Å²) in [4.78, 5) is 4.43. The lowest BCUT2D eigenvalue weighted by Gasteiger charge is -2.18. The molecule has 102 valence electrons. The van der Waals surface area contributed by atoms with E-state index in [1.807, 2.05) is 0 Å². The fraction of sp³-hybridized carbons (Fsp3) is 0.667. The maximum atomic E-state index is 4.43. The number of fused-ring (bicyclic) bond motifs is 1. The van der Waals surface area contributed by atoms with Gasteiger partial charge in [-0.15, -0.1) is 10.2 Å². The van der Waals surface area contributed by atoms with E-state index in [1.54, 1.807) is 0 Å². The molecule has 0 fully saturated rings. The number of hydrogen-bond acceptors (Lipinski definition) is 6. The van der Waals surface area contributed by atoms with Crippen molar-refractivity contribution in [3.05, 3.63) is 17.5 Å². The van der Waals surface area contributed by atoms with Gasteiger partial charge in [-0.05, 0) is 19.8 Å². The first-order chi connectivity index (χ1) is 9.28. The molecule has 19 heavy (non-hydrogen) atoms. The van der Waals surface area contributed by atoms with E-state index >= 15 is 0 Å². The van der Waals surface area contributed by atoms with E-state index in [1.165, 1.54) is 24.4 Å². The molecule has 0 radical (unpaired) electrons. The highest BCUT2D eigenvalue weighted by Crippen LogP contribution is 2.23. The Morgan fingerprint density at radius 1 is 1.37 bits per heavy atom. The minimum atomic E-state index is 0.108. The SMILES string of the molecule is CCc1nsc(NC(C)c2nnc3n2CCCC3)n1. The summed E-state index contributed by atoms with van der Waals surface area (Å²) in [5, 5.41) is 12.8. The van der Waals surface area contributed by atoms with Crippen LogP contribution in [-0.2, 0) is 19.4 Å². The van der Waals surface area contributed by atoms with Gasteiger partial charge < -0.3 is 9.88 Å². The van der Waals surface area contributed by atoms with Crippen LogP contribution in [0.2, 0.25) is 0 Å². The smallest absolute Gasteiger partial charge is 0.203 e. The standard InChI is InChI=1S/C12H18N6S/c1-3-9-14-12(19-17-9)13-8(2)11-16-15-10-6-4-5-7-18(10)11/h8H,3-7H2,1-2H3,(H,13,14,17). The maximum Gasteiger partial charge on any atom is 0.203 e. The minimum absolute atomic E-state index is 0.108. The first-order valence-electron chi connectivity index (χ1n) is 6.79. The van der Waals surface area contributed by atoms with E-state index in [4.69, 9.17) is 0 Å². The second-order valence-corrected chi connectivity index (χ2v) is 5.57. The molecule has 2 aromatic heterocycles. The van der Waals surface area contributed by atoms with Crippen LogP contribution in [0.25, 0.3) is 0 Å². The normalized spacial score (nSPS) is 16.1. The molecule has 1 N–H and O–H groups in total. The average molecular weight is 278 g/mol. The van der Waals surface area contributed by atoms with Crippen molar-refractivity contribution in [2.75, 3.05) is 5.32 Å². The lowest BCUT2D eigenvalue weighted by Crippen LogP contribution is -2.18. The number of nitrogens with zero attached hydrogens (tertiary/aromatic N) is 5. The van der Waals surface area contributed by atoms with Gasteiger partial charge in [-0.3, -0.25) is 0 Å². The zero-order valence-electron chi connectivity index (χ0n) is 11.3. The van der Waals surface area contributed by atoms with E-state index in [-0.39, 0.29) is 6.04 Å². The van der Waals surface area contributed by atoms with Gasteiger partial charge >= 0.3 is 0 Å². The Kier molecular flexibility index (Phi) is 3.46. The fourth-order valence-corrected chi connectivity index (χ4v) is 3.09. The van der Waals surface area contributed by atoms with Crippen LogP contribution in [-0.4, -0.2) is 24.1 Å². The fourth-order valence-electron chi connectivity index (χ4n) is 2.36. The molecular weight excluding hydrogens is 260 g/mol. The molecule has 3 heterocycles. The highest BCUT2D eigenvalue weighted by molar-refractivity contribution is 7.09. The number of rotatable bonds is 4. The molecule has 0 saturated carbocycles. The van der Waals surface area contributed by atoms with Gasteiger partial charge in [0.05, 0.1) is 6.04 Å². The summed E-state index contributed by atoms with van der Waals surface area (Å²) < 4.78 is 6.52. The molecule has 0 saturated heterocycles. The van der Waals surface area contributed by atoms with E-state index in [2.05, 4.69) is 43.3 Å². The molecule has 1 unspecified atom stereocenters. The second-order valence-electron chi connectivity index (χ2n) is 4.82. The third-order valence-corrected chi connectivity index (χ3v) is 4.08. The molecule has 7 heteroatoms. The largest absolute Gasteiger partial charge is 0.351 e. The van der Waals surface area contributed by atoms with Gasteiger partial charge in [-0.1, -0.05) is 6.92 Å². The van der Waals surface area contributed by atoms with E-state index in [0.29, 0.717) is 0 Å². The minimum Gasteiger partial charge on any atom is -0.351 e. The summed E-state index contributed by atoms with van der Waals surface area (Å²) in [6.07, 6.45) is 4.34. The number of hydrogen-bond donors (Lipinski definition) is 1. The lowest BCUT2D eigenvalue weighted by molar-refractivity contribution is 0.500. The number of aryl methyl sites for hydroxylation is 2. The Balaban J connectivity index is 1.76. The van der Waals surface area contributed by atoms with Crippen LogP contribution in [0.3, 0.4) is 0 Å². The van der Waals surface area contributed by atoms with Gasteiger partial charge in [-0.2, -0.15) is 4.37 Å². The van der Waals surface area contributed by atoms with Crippen molar-refractivity contribution in [1.82, 2.24) is 24.1 Å². The summed E-state index contributed by atoms with van der Waals surface area (Å²) in [6, 6.07) is 0.108. The number of nitrogens with one attached hydrogen (secondary N) is 1. The van der Waals surface area contributed by atoms with E-state index < -0.39 is 0 Å². The molecule has 1 aliphatic rings. The van der Waals surface area contributed by atoms with Crippen molar-refractivity contribution in [1.29, 1.82) is 0 Å². The Bertz CT molecular complexity index is 560. The monoisotopic (exact) mass is 278 g/mol. The summed E-state index contributed by atoms with van der Waals surface area (Å²) >= 11 is 1.41. The zero-order valence-corrected chi connectivity index (χ0v) is 12.1. The predicted molar refractivity (Wildman–Crippen MR) is 74.3 cm³/mol. The zero-order chi connectivity index (χ0) is 13.2. The van der Waals surface area contributed by atoms with Crippen LogP contribution >= 0.6 is 11.5 Å². The van der Waals surface area contributed by atoms with Crippen LogP contribution in [0, 0.1) is 0 Å². The molecule has 0 bridgehead atoms. The number of aromatic nitrogens is 5. The van der Waals surface area contributed by atoms with E-state index in [9.17, 15) is 0 Å². The van der Waals surface area contributed by atoms with Gasteiger partial charge in [0.1, 0.15) is 11.6 Å². The molecule has 0 amide bonds. The Morgan fingerprint density at radius 3 is 3.05 bits per heavy atom. The van der Waals surface area contributed by atoms with Crippen LogP contribution in [0.1, 0.15) is 50.2 Å². The van der Waals surface area contributed by atoms with Gasteiger partial charge in [0.2, 0.25) is 5.13 Å². The van der Waals surface area contributed by atoms with Crippen molar-refractivity contribution in [2.24, 2.45) is 0 Å². The lowest BCUT2D eigenvalue weighted by atomic mass is 10.1. The third-order valence-electron chi connectivity index (χ3n) is 3.40. The van der Waals surface area contributed by atoms with Crippen LogP contribution in [0.5, 0.6) is 0 Å². The first kappa shape index (κ1) is 12.5. The van der Waals surface area contributed by atoms with E-state index in [0.717, 1.165) is 42.0 Å². The molecule has 0 aromatic carbocycles. The van der Waals surface area contributed by atoms with Crippen molar-refractivity contribution in [3.8, 4) is 0 Å². The summed E-state index contributed by atoms with van der Waals surface area (Å²) in [5.74, 6) is 3.01. The molecule has 6 nitrogen and oxygen atoms in total. The van der Waals surface area contributed by atoms with Crippen molar-refractivity contribution >= 4 is 16.7 Å². The Morgan fingerprint density at radius 2 is 2.26 bits per heavy atom. The van der Waals surface area contributed by atoms with Gasteiger partial charge in [0.25, 0.3) is 0 Å². The second kappa shape index (κ2) is 5.24. The Hall–Kier alpha value is -1.50. The summed E-state index contributed by atoms with van der Waals surface area (Å²) in [7, 11) is 0. The van der Waals surface area contributed by atoms with Gasteiger partial charge in [0.15, 0.2) is 5.82 Å². The molecule has 0 spiro atoms. The van der Waals surface area contributed by atoms with Crippen LogP contribution < -0.4 is 5.32 Å².